The minimum atomic E-state index is -2.06. The Bertz CT molecular complexity index is 940. The van der Waals surface area contributed by atoms with Crippen molar-refractivity contribution in [2.75, 3.05) is 13.8 Å². The first-order chi connectivity index (χ1) is 20.9. The van der Waals surface area contributed by atoms with E-state index in [-0.39, 0.29) is 30.0 Å². The highest BCUT2D eigenvalue weighted by Crippen LogP contribution is 2.33. The summed E-state index contributed by atoms with van der Waals surface area (Å²) in [5, 5.41) is 19.6. The first-order valence-corrected chi connectivity index (χ1v) is 16.4. The second-order valence-corrected chi connectivity index (χ2v) is 10.2. The fraction of sp³-hybridized carbons (Fsp3) is 0.649. The molecular weight excluding hydrogens is 563 g/mol. The van der Waals surface area contributed by atoms with Crippen molar-refractivity contribution >= 4 is 17.4 Å². The monoisotopic (exact) mass is 629 g/mol. The molecular formula is C37H66F3NO3. The van der Waals surface area contributed by atoms with Crippen molar-refractivity contribution in [3.8, 4) is 0 Å². The summed E-state index contributed by atoms with van der Waals surface area (Å²) in [6.07, 6.45) is 13.5. The van der Waals surface area contributed by atoms with Gasteiger partial charge in [0.15, 0.2) is 5.78 Å². The maximum Gasteiger partial charge on any atom is 0.241 e. The topological polar surface area (TPSA) is 62.5 Å². The predicted molar refractivity (Wildman–Crippen MR) is 187 cm³/mol. The highest BCUT2D eigenvalue weighted by molar-refractivity contribution is 5.91. The van der Waals surface area contributed by atoms with Gasteiger partial charge in [0.25, 0.3) is 0 Å². The van der Waals surface area contributed by atoms with Crippen molar-refractivity contribution in [2.45, 2.75) is 134 Å². The van der Waals surface area contributed by atoms with E-state index in [0.717, 1.165) is 66.5 Å². The van der Waals surface area contributed by atoms with Gasteiger partial charge in [0.1, 0.15) is 5.76 Å². The quantitative estimate of drug-likeness (QED) is 0.154. The zero-order valence-electron chi connectivity index (χ0n) is 30.1. The number of aliphatic hydroxyl groups is 2. The van der Waals surface area contributed by atoms with Crippen LogP contribution in [0, 0.1) is 18.8 Å². The molecule has 1 aliphatic rings. The molecule has 0 amide bonds. The molecule has 7 heteroatoms. The number of aromatic nitrogens is 1. The van der Waals surface area contributed by atoms with E-state index in [2.05, 4.69) is 34.3 Å². The van der Waals surface area contributed by atoms with Crippen molar-refractivity contribution in [2.24, 2.45) is 11.8 Å². The zero-order chi connectivity index (χ0) is 35.3. The van der Waals surface area contributed by atoms with Gasteiger partial charge in [-0.15, -0.1) is 0 Å². The van der Waals surface area contributed by atoms with Gasteiger partial charge in [-0.2, -0.15) is 0 Å². The average molecular weight is 630 g/mol. The number of halogens is 3. The van der Waals surface area contributed by atoms with E-state index >= 15 is 0 Å². The third-order valence-corrected chi connectivity index (χ3v) is 6.36. The van der Waals surface area contributed by atoms with E-state index in [1.807, 2.05) is 52.3 Å². The molecule has 1 atom stereocenters. The van der Waals surface area contributed by atoms with Gasteiger partial charge in [-0.1, -0.05) is 93.2 Å². The van der Waals surface area contributed by atoms with Gasteiger partial charge in [-0.3, -0.25) is 9.18 Å². The lowest BCUT2D eigenvalue weighted by Gasteiger charge is -2.19. The Kier molecular flexibility index (Phi) is 35.0. The number of ketones is 1. The van der Waals surface area contributed by atoms with Crippen molar-refractivity contribution < 1.29 is 28.2 Å². The Morgan fingerprint density at radius 3 is 1.91 bits per heavy atom. The number of allylic oxidation sites excluding steroid dienone is 5. The SMILES string of the molecule is C=C(C)/C=C(O)\C=C(\c1cn(CCO)c(/C=C\C(C)=O)c1C)C(C)CC.CC.CC.CCC.CF.FC(F)C1CCCCC1. The molecule has 1 saturated carbocycles. The molecule has 0 aliphatic heterocycles. The van der Waals surface area contributed by atoms with Crippen molar-refractivity contribution in [3.05, 3.63) is 59.2 Å². The standard InChI is InChI=1S/C22H31NO3.C7H12F2.C3H8.2C2H6.CH3F/c1-7-16(4)20(13-19(26)12-15(2)3)21-14-23(10-11-24)22(18(21)6)9-8-17(5)25;8-7(9)6-4-2-1-3-5-6;1-3-2;3*1-2/h8-9,12-14,16,24,26H,2,7,10-11H2,1,3-6H3;6-7H,1-5H2;3H2,1-2H3;2*1-2H3;1H3/b9-8-,19-12+,20-13+;;;;;. The summed E-state index contributed by atoms with van der Waals surface area (Å²) in [7, 11) is 0.500. The van der Waals surface area contributed by atoms with Crippen LogP contribution in [-0.4, -0.2) is 40.8 Å². The Balaban J connectivity index is -0.000000364. The van der Waals surface area contributed by atoms with E-state index < -0.39 is 6.43 Å². The Hall–Kier alpha value is -2.54. The first kappa shape index (κ1) is 48.4. The Labute approximate surface area is 268 Å². The van der Waals surface area contributed by atoms with Gasteiger partial charge in [0.05, 0.1) is 13.8 Å². The average Bonchev–Trinajstić information content (AvgIpc) is 3.32. The van der Waals surface area contributed by atoms with Crippen molar-refractivity contribution in [1.82, 2.24) is 4.57 Å². The molecule has 0 saturated heterocycles. The number of alkyl halides is 3. The normalized spacial score (nSPS) is 13.8. The third kappa shape index (κ3) is 22.0. The second-order valence-electron chi connectivity index (χ2n) is 10.2. The number of carbonyl (C=O) groups excluding carboxylic acids is 1. The Morgan fingerprint density at radius 2 is 1.55 bits per heavy atom. The van der Waals surface area contributed by atoms with Gasteiger partial charge in [-0.25, -0.2) is 8.78 Å². The molecule has 1 aromatic rings. The number of carbonyl (C=O) groups is 1. The minimum Gasteiger partial charge on any atom is -0.508 e. The summed E-state index contributed by atoms with van der Waals surface area (Å²) in [6.45, 7) is 26.1. The highest BCUT2D eigenvalue weighted by Gasteiger charge is 2.22. The number of aliphatic hydroxyl groups excluding tert-OH is 2. The minimum absolute atomic E-state index is 0.0116. The summed E-state index contributed by atoms with van der Waals surface area (Å²) in [4.78, 5) is 11.3. The summed E-state index contributed by atoms with van der Waals surface area (Å²) in [6, 6.07) is 0. The predicted octanol–water partition coefficient (Wildman–Crippen LogP) is 11.7. The maximum atomic E-state index is 11.9. The van der Waals surface area contributed by atoms with Gasteiger partial charge in [0, 0.05) is 24.4 Å². The van der Waals surface area contributed by atoms with Crippen LogP contribution in [0.3, 0.4) is 0 Å². The molecule has 0 spiro atoms. The molecule has 1 aliphatic carbocycles. The molecule has 2 rings (SSSR count). The van der Waals surface area contributed by atoms with Crippen LogP contribution < -0.4 is 0 Å². The summed E-state index contributed by atoms with van der Waals surface area (Å²) in [5.74, 6) is 0.105. The molecule has 0 radical (unpaired) electrons. The number of nitrogens with zero attached hydrogens (tertiary/aromatic N) is 1. The fourth-order valence-electron chi connectivity index (χ4n) is 4.22. The van der Waals surface area contributed by atoms with E-state index in [1.165, 1.54) is 19.4 Å². The molecule has 0 bridgehead atoms. The molecule has 1 aromatic heterocycles. The lowest BCUT2D eigenvalue weighted by atomic mass is 9.90. The lowest BCUT2D eigenvalue weighted by molar-refractivity contribution is -0.112. The smallest absolute Gasteiger partial charge is 0.241 e. The largest absolute Gasteiger partial charge is 0.508 e. The van der Waals surface area contributed by atoms with E-state index in [0.29, 0.717) is 13.7 Å². The molecule has 1 heterocycles. The summed E-state index contributed by atoms with van der Waals surface area (Å²) >= 11 is 0. The van der Waals surface area contributed by atoms with Crippen LogP contribution in [0.1, 0.15) is 131 Å². The van der Waals surface area contributed by atoms with Gasteiger partial charge >= 0.3 is 0 Å². The first-order valence-electron chi connectivity index (χ1n) is 16.4. The second kappa shape index (κ2) is 31.9. The molecule has 2 N–H and O–H groups in total. The lowest BCUT2D eigenvalue weighted by Crippen LogP contribution is -2.14. The van der Waals surface area contributed by atoms with Gasteiger partial charge < -0.3 is 14.8 Å². The molecule has 4 nitrogen and oxygen atoms in total. The summed E-state index contributed by atoms with van der Waals surface area (Å²) < 4.78 is 35.3. The molecule has 44 heavy (non-hydrogen) atoms. The van der Waals surface area contributed by atoms with Crippen LogP contribution in [0.25, 0.3) is 11.6 Å². The molecule has 1 unspecified atom stereocenters. The third-order valence-electron chi connectivity index (χ3n) is 6.36. The van der Waals surface area contributed by atoms with Crippen LogP contribution >= 0.6 is 0 Å². The fourth-order valence-corrected chi connectivity index (χ4v) is 4.22. The van der Waals surface area contributed by atoms with E-state index in [9.17, 15) is 28.2 Å². The number of hydrogen-bond acceptors (Lipinski definition) is 3. The van der Waals surface area contributed by atoms with Crippen molar-refractivity contribution in [1.29, 1.82) is 0 Å². The van der Waals surface area contributed by atoms with Crippen LogP contribution in [0.2, 0.25) is 0 Å². The van der Waals surface area contributed by atoms with E-state index in [1.54, 1.807) is 18.2 Å². The highest BCUT2D eigenvalue weighted by atomic mass is 19.3. The Morgan fingerprint density at radius 1 is 1.05 bits per heavy atom. The van der Waals surface area contributed by atoms with Gasteiger partial charge in [0.2, 0.25) is 6.43 Å². The van der Waals surface area contributed by atoms with Gasteiger partial charge in [-0.05, 0) is 87.0 Å². The van der Waals surface area contributed by atoms with Crippen molar-refractivity contribution in [3.63, 3.8) is 0 Å². The zero-order valence-corrected chi connectivity index (χ0v) is 30.1. The van der Waals surface area contributed by atoms with Crippen LogP contribution in [0.4, 0.5) is 13.2 Å². The van der Waals surface area contributed by atoms with Crippen LogP contribution in [-0.2, 0) is 11.3 Å². The van der Waals surface area contributed by atoms with Crippen LogP contribution in [0.5, 0.6) is 0 Å². The van der Waals surface area contributed by atoms with E-state index in [4.69, 9.17) is 0 Å². The molecule has 258 valence electrons. The van der Waals surface area contributed by atoms with Crippen LogP contribution in [0.15, 0.2) is 42.3 Å². The number of hydrogen-bond donors (Lipinski definition) is 2. The number of rotatable bonds is 10. The maximum absolute atomic E-state index is 11.9. The molecule has 0 aromatic carbocycles. The summed E-state index contributed by atoms with van der Waals surface area (Å²) in [5.41, 5.74) is 4.72. The molecule has 1 fully saturated rings.